The van der Waals surface area contributed by atoms with Gasteiger partial charge in [-0.1, -0.05) is 35.9 Å². The molecule has 1 fully saturated rings. The Bertz CT molecular complexity index is 853. The number of ether oxygens (including phenoxy) is 1. The van der Waals surface area contributed by atoms with Crippen molar-refractivity contribution < 1.29 is 14.3 Å². The average Bonchev–Trinajstić information content (AvgIpc) is 3.27. The van der Waals surface area contributed by atoms with E-state index in [2.05, 4.69) is 15.5 Å². The van der Waals surface area contributed by atoms with Crippen molar-refractivity contribution >= 4 is 23.4 Å². The Hall–Kier alpha value is -2.57. The first kappa shape index (κ1) is 21.1. The van der Waals surface area contributed by atoms with Gasteiger partial charge in [0.05, 0.1) is 19.7 Å². The second kappa shape index (κ2) is 10.3. The van der Waals surface area contributed by atoms with Gasteiger partial charge in [-0.2, -0.15) is 0 Å². The number of rotatable bonds is 8. The third kappa shape index (κ3) is 5.71. The lowest BCUT2D eigenvalue weighted by Gasteiger charge is -2.29. The van der Waals surface area contributed by atoms with Crippen LogP contribution < -0.4 is 15.4 Å². The molecule has 2 aromatic carbocycles. The smallest absolute Gasteiger partial charge is 0.251 e. The Morgan fingerprint density at radius 3 is 2.59 bits per heavy atom. The summed E-state index contributed by atoms with van der Waals surface area (Å²) in [4.78, 5) is 26.9. The summed E-state index contributed by atoms with van der Waals surface area (Å²) in [7, 11) is 1.66. The molecule has 3 rings (SSSR count). The number of nitrogens with one attached hydrogen (secondary N) is 2. The van der Waals surface area contributed by atoms with Gasteiger partial charge in [0.15, 0.2) is 0 Å². The highest BCUT2D eigenvalue weighted by Gasteiger charge is 2.26. The van der Waals surface area contributed by atoms with Crippen molar-refractivity contribution in [1.29, 1.82) is 0 Å². The Balaban J connectivity index is 1.59. The molecular formula is C22H26ClN3O3. The van der Waals surface area contributed by atoms with Crippen LogP contribution in [0.2, 0.25) is 5.02 Å². The van der Waals surface area contributed by atoms with Crippen molar-refractivity contribution in [3.63, 3.8) is 0 Å². The van der Waals surface area contributed by atoms with E-state index in [1.54, 1.807) is 31.4 Å². The molecule has 0 aliphatic carbocycles. The number of nitrogens with zero attached hydrogens (tertiary/aromatic N) is 1. The third-order valence-corrected chi connectivity index (χ3v) is 5.30. The third-order valence-electron chi connectivity index (χ3n) is 5.07. The van der Waals surface area contributed by atoms with Crippen LogP contribution in [0.15, 0.2) is 48.5 Å². The van der Waals surface area contributed by atoms with E-state index in [1.807, 2.05) is 24.3 Å². The minimum Gasteiger partial charge on any atom is -0.496 e. The summed E-state index contributed by atoms with van der Waals surface area (Å²) in [6.07, 6.45) is 2.30. The molecule has 1 heterocycles. The molecule has 1 aliphatic heterocycles. The molecule has 2 amide bonds. The second-order valence-electron chi connectivity index (χ2n) is 7.00. The number of carbonyl (C=O) groups excluding carboxylic acids is 2. The standard InChI is InChI=1S/C22H26ClN3O3/c1-29-20-10-3-2-9-18(20)19(26-11-4-5-12-26)14-24-21(27)15-25-22(28)16-7-6-8-17(23)13-16/h2-3,6-10,13,19H,4-5,11-12,14-15H2,1H3,(H,24,27)(H,25,28)/t19-/m1/s1. The molecule has 0 spiro atoms. The minimum atomic E-state index is -0.330. The molecule has 1 aliphatic rings. The van der Waals surface area contributed by atoms with Gasteiger partial charge in [0.2, 0.25) is 5.91 Å². The van der Waals surface area contributed by atoms with Gasteiger partial charge in [-0.25, -0.2) is 0 Å². The number of para-hydroxylation sites is 1. The Kier molecular flexibility index (Phi) is 7.49. The van der Waals surface area contributed by atoms with Gasteiger partial charge in [0.1, 0.15) is 5.75 Å². The zero-order valence-electron chi connectivity index (χ0n) is 16.5. The summed E-state index contributed by atoms with van der Waals surface area (Å²) < 4.78 is 5.52. The largest absolute Gasteiger partial charge is 0.496 e. The molecule has 1 atom stereocenters. The number of hydrogen-bond acceptors (Lipinski definition) is 4. The van der Waals surface area contributed by atoms with Crippen LogP contribution in [-0.2, 0) is 4.79 Å². The van der Waals surface area contributed by atoms with E-state index in [0.29, 0.717) is 17.1 Å². The highest BCUT2D eigenvalue weighted by molar-refractivity contribution is 6.30. The summed E-state index contributed by atoms with van der Waals surface area (Å²) in [5.41, 5.74) is 1.48. The van der Waals surface area contributed by atoms with Gasteiger partial charge in [0.25, 0.3) is 5.91 Å². The summed E-state index contributed by atoms with van der Waals surface area (Å²) in [6.45, 7) is 2.34. The summed E-state index contributed by atoms with van der Waals surface area (Å²) in [5.74, 6) is 0.246. The van der Waals surface area contributed by atoms with Crippen molar-refractivity contribution in [2.45, 2.75) is 18.9 Å². The van der Waals surface area contributed by atoms with Crippen LogP contribution in [0.4, 0.5) is 0 Å². The number of benzene rings is 2. The topological polar surface area (TPSA) is 70.7 Å². The van der Waals surface area contributed by atoms with Crippen molar-refractivity contribution in [2.24, 2.45) is 0 Å². The number of carbonyl (C=O) groups is 2. The first-order valence-electron chi connectivity index (χ1n) is 9.76. The maximum Gasteiger partial charge on any atom is 0.251 e. The van der Waals surface area contributed by atoms with Gasteiger partial charge in [-0.15, -0.1) is 0 Å². The Labute approximate surface area is 176 Å². The number of amides is 2. The maximum absolute atomic E-state index is 12.3. The molecule has 0 bridgehead atoms. The molecule has 7 heteroatoms. The van der Waals surface area contributed by atoms with Crippen molar-refractivity contribution in [3.05, 3.63) is 64.7 Å². The predicted molar refractivity (Wildman–Crippen MR) is 113 cm³/mol. The maximum atomic E-state index is 12.3. The molecule has 29 heavy (non-hydrogen) atoms. The highest BCUT2D eigenvalue weighted by atomic mass is 35.5. The molecule has 0 unspecified atom stereocenters. The molecule has 6 nitrogen and oxygen atoms in total. The lowest BCUT2D eigenvalue weighted by atomic mass is 10.0. The lowest BCUT2D eigenvalue weighted by Crippen LogP contribution is -2.41. The summed E-state index contributed by atoms with van der Waals surface area (Å²) in [5, 5.41) is 6.06. The fraction of sp³-hybridized carbons (Fsp3) is 0.364. The van der Waals surface area contributed by atoms with Gasteiger partial charge >= 0.3 is 0 Å². The minimum absolute atomic E-state index is 0.0289. The quantitative estimate of drug-likeness (QED) is 0.695. The predicted octanol–water partition coefficient (Wildman–Crippen LogP) is 3.03. The molecule has 0 saturated carbocycles. The van der Waals surface area contributed by atoms with Crippen molar-refractivity contribution in [3.8, 4) is 5.75 Å². The summed E-state index contributed by atoms with van der Waals surface area (Å²) in [6, 6.07) is 14.5. The second-order valence-corrected chi connectivity index (χ2v) is 7.43. The average molecular weight is 416 g/mol. The molecule has 0 radical (unpaired) electrons. The molecule has 0 aromatic heterocycles. The Morgan fingerprint density at radius 2 is 1.86 bits per heavy atom. The fourth-order valence-electron chi connectivity index (χ4n) is 3.60. The van der Waals surface area contributed by atoms with Crippen LogP contribution in [0.1, 0.15) is 34.8 Å². The molecule has 2 aromatic rings. The normalized spacial score (nSPS) is 15.0. The van der Waals surface area contributed by atoms with Crippen LogP contribution in [0.5, 0.6) is 5.75 Å². The van der Waals surface area contributed by atoms with Crippen LogP contribution in [0, 0.1) is 0 Å². The first-order chi connectivity index (χ1) is 14.1. The van der Waals surface area contributed by atoms with Crippen molar-refractivity contribution in [1.82, 2.24) is 15.5 Å². The van der Waals surface area contributed by atoms with Gasteiger partial charge in [-0.05, 0) is 50.2 Å². The SMILES string of the molecule is COc1ccccc1[C@@H](CNC(=O)CNC(=O)c1cccc(Cl)c1)N1CCCC1. The molecule has 2 N–H and O–H groups in total. The molecular weight excluding hydrogens is 390 g/mol. The number of halogens is 1. The molecule has 1 saturated heterocycles. The van der Waals surface area contributed by atoms with Gasteiger partial charge in [0, 0.05) is 22.7 Å². The number of methoxy groups -OCH3 is 1. The van der Waals surface area contributed by atoms with E-state index in [-0.39, 0.29) is 24.4 Å². The van der Waals surface area contributed by atoms with Gasteiger partial charge < -0.3 is 15.4 Å². The number of hydrogen-bond donors (Lipinski definition) is 2. The lowest BCUT2D eigenvalue weighted by molar-refractivity contribution is -0.120. The van der Waals surface area contributed by atoms with Crippen LogP contribution in [0.3, 0.4) is 0 Å². The van der Waals surface area contributed by atoms with E-state index >= 15 is 0 Å². The highest BCUT2D eigenvalue weighted by Crippen LogP contribution is 2.31. The Morgan fingerprint density at radius 1 is 1.10 bits per heavy atom. The fourth-order valence-corrected chi connectivity index (χ4v) is 3.79. The number of likely N-dealkylation sites (tertiary alicyclic amines) is 1. The summed E-state index contributed by atoms with van der Waals surface area (Å²) >= 11 is 5.91. The van der Waals surface area contributed by atoms with E-state index < -0.39 is 0 Å². The zero-order chi connectivity index (χ0) is 20.6. The van der Waals surface area contributed by atoms with E-state index in [9.17, 15) is 9.59 Å². The molecule has 154 valence electrons. The first-order valence-corrected chi connectivity index (χ1v) is 10.1. The van der Waals surface area contributed by atoms with Crippen LogP contribution >= 0.6 is 11.6 Å². The van der Waals surface area contributed by atoms with Crippen molar-refractivity contribution in [2.75, 3.05) is 33.3 Å². The van der Waals surface area contributed by atoms with Crippen LogP contribution in [0.25, 0.3) is 0 Å². The van der Waals surface area contributed by atoms with E-state index in [0.717, 1.165) is 37.2 Å². The zero-order valence-corrected chi connectivity index (χ0v) is 17.2. The van der Waals surface area contributed by atoms with E-state index in [1.165, 1.54) is 0 Å². The van der Waals surface area contributed by atoms with Crippen LogP contribution in [-0.4, -0.2) is 50.0 Å². The van der Waals surface area contributed by atoms with E-state index in [4.69, 9.17) is 16.3 Å². The van der Waals surface area contributed by atoms with Gasteiger partial charge in [-0.3, -0.25) is 14.5 Å². The monoisotopic (exact) mass is 415 g/mol.